The van der Waals surface area contributed by atoms with Gasteiger partial charge in [0.2, 0.25) is 5.91 Å². The second-order valence-corrected chi connectivity index (χ2v) is 3.38. The maximum atomic E-state index is 10.3. The topological polar surface area (TPSA) is 90.4 Å². The first kappa shape index (κ1) is 9.97. The van der Waals surface area contributed by atoms with E-state index in [1.807, 2.05) is 11.4 Å². The first-order valence-corrected chi connectivity index (χ1v) is 4.53. The van der Waals surface area contributed by atoms with E-state index >= 15 is 0 Å². The van der Waals surface area contributed by atoms with Gasteiger partial charge in [0.05, 0.1) is 6.54 Å². The van der Waals surface area contributed by atoms with E-state index in [-0.39, 0.29) is 6.61 Å². The second-order valence-electron chi connectivity index (χ2n) is 2.38. The van der Waals surface area contributed by atoms with Crippen LogP contribution in [0.25, 0.3) is 0 Å². The van der Waals surface area contributed by atoms with Gasteiger partial charge in [-0.2, -0.15) is 5.48 Å². The van der Waals surface area contributed by atoms with Gasteiger partial charge < -0.3 is 11.5 Å². The summed E-state index contributed by atoms with van der Waals surface area (Å²) in [5.74, 6) is -0.508. The molecule has 1 amide bonds. The summed E-state index contributed by atoms with van der Waals surface area (Å²) in [5.41, 5.74) is 13.8. The first-order valence-electron chi connectivity index (χ1n) is 3.65. The zero-order valence-corrected chi connectivity index (χ0v) is 7.76. The van der Waals surface area contributed by atoms with Crippen LogP contribution >= 0.6 is 11.3 Å². The van der Waals surface area contributed by atoms with E-state index in [0.29, 0.717) is 6.54 Å². The number of nitrogen functional groups attached to an aromatic ring is 1. The predicted molar refractivity (Wildman–Crippen MR) is 50.7 cm³/mol. The van der Waals surface area contributed by atoms with Crippen molar-refractivity contribution in [3.05, 3.63) is 16.3 Å². The smallest absolute Gasteiger partial charge is 0.245 e. The lowest BCUT2D eigenvalue weighted by molar-refractivity contribution is -0.125. The van der Waals surface area contributed by atoms with Crippen LogP contribution in [0.2, 0.25) is 0 Å². The van der Waals surface area contributed by atoms with Crippen LogP contribution in [0.1, 0.15) is 4.88 Å². The number of nitrogens with one attached hydrogen (secondary N) is 1. The van der Waals surface area contributed by atoms with Crippen LogP contribution in [-0.2, 0) is 16.2 Å². The lowest BCUT2D eigenvalue weighted by Gasteiger charge is -2.02. The maximum Gasteiger partial charge on any atom is 0.245 e. The van der Waals surface area contributed by atoms with Crippen molar-refractivity contribution in [2.75, 3.05) is 12.3 Å². The molecule has 0 fully saturated rings. The third-order valence-corrected chi connectivity index (χ3v) is 2.27. The lowest BCUT2D eigenvalue weighted by atomic mass is 10.4. The Morgan fingerprint density at radius 1 is 1.69 bits per heavy atom. The number of primary amides is 1. The van der Waals surface area contributed by atoms with Gasteiger partial charge in [-0.3, -0.25) is 9.63 Å². The average Bonchev–Trinajstić information content (AvgIpc) is 2.45. The van der Waals surface area contributed by atoms with Crippen molar-refractivity contribution in [2.24, 2.45) is 5.73 Å². The molecule has 1 aromatic heterocycles. The molecule has 0 spiro atoms. The number of hydrogen-bond acceptors (Lipinski definition) is 5. The monoisotopic (exact) mass is 201 g/mol. The lowest BCUT2D eigenvalue weighted by Crippen LogP contribution is -2.24. The molecule has 0 bridgehead atoms. The average molecular weight is 201 g/mol. The van der Waals surface area contributed by atoms with Crippen LogP contribution < -0.4 is 16.9 Å². The third-order valence-electron chi connectivity index (χ3n) is 1.33. The number of carbonyl (C=O) groups excluding carboxylic acids is 1. The molecule has 1 heterocycles. The number of hydrogen-bond donors (Lipinski definition) is 3. The van der Waals surface area contributed by atoms with Gasteiger partial charge in [0.25, 0.3) is 0 Å². The molecule has 0 aliphatic carbocycles. The van der Waals surface area contributed by atoms with E-state index in [2.05, 4.69) is 5.48 Å². The van der Waals surface area contributed by atoms with Crippen molar-refractivity contribution in [2.45, 2.75) is 6.54 Å². The molecule has 0 atom stereocenters. The van der Waals surface area contributed by atoms with Gasteiger partial charge in [0.15, 0.2) is 0 Å². The fraction of sp³-hybridized carbons (Fsp3) is 0.286. The minimum absolute atomic E-state index is 0.134. The zero-order valence-electron chi connectivity index (χ0n) is 6.95. The van der Waals surface area contributed by atoms with E-state index < -0.39 is 5.91 Å². The molecule has 5 N–H and O–H groups in total. The van der Waals surface area contributed by atoms with E-state index in [1.165, 1.54) is 11.3 Å². The molecule has 0 aliphatic heterocycles. The van der Waals surface area contributed by atoms with Crippen molar-refractivity contribution in [3.8, 4) is 0 Å². The van der Waals surface area contributed by atoms with Crippen LogP contribution in [0.4, 0.5) is 5.69 Å². The van der Waals surface area contributed by atoms with E-state index in [4.69, 9.17) is 16.3 Å². The quantitative estimate of drug-likeness (QED) is 0.456. The molecule has 0 radical (unpaired) electrons. The summed E-state index contributed by atoms with van der Waals surface area (Å²) in [6.07, 6.45) is 0. The van der Waals surface area contributed by atoms with E-state index in [9.17, 15) is 4.79 Å². The number of carbonyl (C=O) groups is 1. The fourth-order valence-corrected chi connectivity index (χ4v) is 1.46. The highest BCUT2D eigenvalue weighted by molar-refractivity contribution is 7.10. The molecule has 6 heteroatoms. The van der Waals surface area contributed by atoms with Crippen molar-refractivity contribution in [1.82, 2.24) is 5.48 Å². The minimum Gasteiger partial charge on any atom is -0.398 e. The summed E-state index contributed by atoms with van der Waals surface area (Å²) < 4.78 is 0. The Morgan fingerprint density at radius 2 is 2.46 bits per heavy atom. The van der Waals surface area contributed by atoms with Crippen LogP contribution in [0.5, 0.6) is 0 Å². The number of thiophene rings is 1. The SMILES string of the molecule is NC(=O)CONCc1sccc1N. The summed E-state index contributed by atoms with van der Waals surface area (Å²) in [6, 6.07) is 1.82. The van der Waals surface area contributed by atoms with E-state index in [0.717, 1.165) is 10.6 Å². The summed E-state index contributed by atoms with van der Waals surface area (Å²) in [4.78, 5) is 16.0. The zero-order chi connectivity index (χ0) is 9.68. The van der Waals surface area contributed by atoms with Gasteiger partial charge in [-0.05, 0) is 11.4 Å². The molecule has 1 aromatic rings. The summed E-state index contributed by atoms with van der Waals surface area (Å²) in [5, 5.41) is 1.89. The standard InChI is InChI=1S/C7H11N3O2S/c8-5-1-2-13-6(5)3-10-12-4-7(9)11/h1-2,10H,3-4,8H2,(H2,9,11). The van der Waals surface area contributed by atoms with Crippen molar-refractivity contribution in [3.63, 3.8) is 0 Å². The highest BCUT2D eigenvalue weighted by Crippen LogP contribution is 2.17. The Kier molecular flexibility index (Phi) is 3.69. The number of anilines is 1. The minimum atomic E-state index is -0.508. The summed E-state index contributed by atoms with van der Waals surface area (Å²) in [7, 11) is 0. The van der Waals surface area contributed by atoms with E-state index in [1.54, 1.807) is 0 Å². The van der Waals surface area contributed by atoms with Crippen molar-refractivity contribution >= 4 is 22.9 Å². The highest BCUT2D eigenvalue weighted by atomic mass is 32.1. The normalized spacial score (nSPS) is 10.2. The summed E-state index contributed by atoms with van der Waals surface area (Å²) >= 11 is 1.52. The van der Waals surface area contributed by atoms with Gasteiger partial charge in [-0.25, -0.2) is 0 Å². The predicted octanol–water partition coefficient (Wildman–Crippen LogP) is -0.163. The van der Waals surface area contributed by atoms with Gasteiger partial charge in [-0.15, -0.1) is 11.3 Å². The molecule has 0 saturated heterocycles. The molecular formula is C7H11N3O2S. The van der Waals surface area contributed by atoms with Crippen LogP contribution in [0, 0.1) is 0 Å². The first-order chi connectivity index (χ1) is 6.20. The van der Waals surface area contributed by atoms with Crippen LogP contribution in [-0.4, -0.2) is 12.5 Å². The Hall–Kier alpha value is -1.11. The summed E-state index contributed by atoms with van der Waals surface area (Å²) in [6.45, 7) is 0.349. The Balaban J connectivity index is 2.20. The molecule has 0 unspecified atom stereocenters. The maximum absolute atomic E-state index is 10.3. The molecule has 0 aromatic carbocycles. The van der Waals surface area contributed by atoms with Crippen LogP contribution in [0.3, 0.4) is 0 Å². The number of amides is 1. The van der Waals surface area contributed by atoms with Gasteiger partial charge in [0, 0.05) is 10.6 Å². The molecule has 0 saturated carbocycles. The Bertz CT molecular complexity index is 287. The molecule has 72 valence electrons. The van der Waals surface area contributed by atoms with Crippen LogP contribution in [0.15, 0.2) is 11.4 Å². The van der Waals surface area contributed by atoms with Crippen molar-refractivity contribution < 1.29 is 9.63 Å². The molecule has 13 heavy (non-hydrogen) atoms. The molecule has 5 nitrogen and oxygen atoms in total. The molecule has 1 rings (SSSR count). The fourth-order valence-electron chi connectivity index (χ4n) is 0.733. The van der Waals surface area contributed by atoms with Crippen molar-refractivity contribution in [1.29, 1.82) is 0 Å². The van der Waals surface area contributed by atoms with Gasteiger partial charge in [0.1, 0.15) is 6.61 Å². The second kappa shape index (κ2) is 4.80. The molecular weight excluding hydrogens is 190 g/mol. The largest absolute Gasteiger partial charge is 0.398 e. The third kappa shape index (κ3) is 3.41. The number of hydroxylamine groups is 1. The Labute approximate surface area is 79.6 Å². The number of rotatable bonds is 5. The molecule has 0 aliphatic rings. The van der Waals surface area contributed by atoms with Gasteiger partial charge in [-0.1, -0.05) is 0 Å². The number of nitrogens with two attached hydrogens (primary N) is 2. The van der Waals surface area contributed by atoms with Gasteiger partial charge >= 0.3 is 0 Å². The highest BCUT2D eigenvalue weighted by Gasteiger charge is 2.00. The Morgan fingerprint density at radius 3 is 3.00 bits per heavy atom.